The Morgan fingerprint density at radius 3 is 2.23 bits per heavy atom. The van der Waals surface area contributed by atoms with Gasteiger partial charge < -0.3 is 9.80 Å². The van der Waals surface area contributed by atoms with E-state index in [0.717, 1.165) is 32.1 Å². The van der Waals surface area contributed by atoms with E-state index in [-0.39, 0.29) is 11.8 Å². The van der Waals surface area contributed by atoms with Crippen LogP contribution in [0.15, 0.2) is 48.5 Å². The number of piperidine rings is 1. The second-order valence-corrected chi connectivity index (χ2v) is 9.32. The molecule has 0 spiro atoms. The van der Waals surface area contributed by atoms with E-state index in [1.165, 1.54) is 22.3 Å². The first-order chi connectivity index (χ1) is 14.4. The van der Waals surface area contributed by atoms with Gasteiger partial charge in [-0.3, -0.25) is 9.59 Å². The number of hydrogen-bond donors (Lipinski definition) is 0. The van der Waals surface area contributed by atoms with Crippen molar-refractivity contribution < 1.29 is 9.59 Å². The molecule has 0 N–H and O–H groups in total. The van der Waals surface area contributed by atoms with Crippen molar-refractivity contribution in [3.8, 4) is 11.1 Å². The third-order valence-corrected chi connectivity index (χ3v) is 6.67. The zero-order valence-corrected chi connectivity index (χ0v) is 18.4. The monoisotopic (exact) mass is 404 g/mol. The summed E-state index contributed by atoms with van der Waals surface area (Å²) >= 11 is 0. The van der Waals surface area contributed by atoms with Gasteiger partial charge in [-0.05, 0) is 55.7 Å². The minimum atomic E-state index is -0.422. The van der Waals surface area contributed by atoms with E-state index in [1.807, 2.05) is 19.0 Å². The van der Waals surface area contributed by atoms with E-state index in [9.17, 15) is 9.59 Å². The van der Waals surface area contributed by atoms with Gasteiger partial charge in [0.1, 0.15) is 0 Å². The normalized spacial score (nSPS) is 18.2. The maximum atomic E-state index is 13.2. The first-order valence-corrected chi connectivity index (χ1v) is 11.0. The number of hydrogen-bond acceptors (Lipinski definition) is 2. The lowest BCUT2D eigenvalue weighted by molar-refractivity contribution is -0.146. The zero-order valence-electron chi connectivity index (χ0n) is 18.4. The zero-order chi connectivity index (χ0) is 21.3. The van der Waals surface area contributed by atoms with Crippen molar-refractivity contribution in [1.29, 1.82) is 0 Å². The average molecular weight is 405 g/mol. The molecule has 0 aromatic heterocycles. The molecule has 4 rings (SSSR count). The number of rotatable bonds is 5. The number of likely N-dealkylation sites (tertiary alicyclic amines) is 1. The number of amides is 2. The maximum Gasteiger partial charge on any atom is 0.228 e. The second-order valence-electron chi connectivity index (χ2n) is 9.32. The quantitative estimate of drug-likeness (QED) is 0.745. The van der Waals surface area contributed by atoms with Crippen LogP contribution in [-0.4, -0.2) is 48.8 Å². The van der Waals surface area contributed by atoms with Crippen LogP contribution in [0.25, 0.3) is 11.1 Å². The van der Waals surface area contributed by atoms with Gasteiger partial charge in [-0.1, -0.05) is 54.1 Å². The topological polar surface area (TPSA) is 40.6 Å². The molecule has 2 aliphatic rings. The minimum absolute atomic E-state index is 0.184. The molecule has 4 heteroatoms. The molecule has 1 saturated carbocycles. The Balaban J connectivity index is 1.51. The molecule has 0 radical (unpaired) electrons. The SMILES string of the molecule is Cc1cccc(-c2ccc(CC3(C(=O)N(C)C)CCN(C(=O)C4CC4)CC3)cc2)c1. The van der Waals surface area contributed by atoms with Crippen molar-refractivity contribution in [2.75, 3.05) is 27.2 Å². The van der Waals surface area contributed by atoms with Gasteiger partial charge in [0.2, 0.25) is 11.8 Å². The fourth-order valence-corrected chi connectivity index (χ4v) is 4.71. The molecule has 2 fully saturated rings. The van der Waals surface area contributed by atoms with E-state index in [0.29, 0.717) is 19.0 Å². The lowest BCUT2D eigenvalue weighted by Gasteiger charge is -2.42. The van der Waals surface area contributed by atoms with E-state index >= 15 is 0 Å². The predicted octanol–water partition coefficient (Wildman–Crippen LogP) is 4.31. The molecule has 4 nitrogen and oxygen atoms in total. The van der Waals surface area contributed by atoms with Gasteiger partial charge >= 0.3 is 0 Å². The lowest BCUT2D eigenvalue weighted by Crippen LogP contribution is -2.51. The van der Waals surface area contributed by atoms with Crippen molar-refractivity contribution in [1.82, 2.24) is 9.80 Å². The predicted molar refractivity (Wildman–Crippen MR) is 120 cm³/mol. The summed E-state index contributed by atoms with van der Waals surface area (Å²) in [6.07, 6.45) is 4.27. The van der Waals surface area contributed by atoms with Crippen molar-refractivity contribution in [2.45, 2.75) is 39.0 Å². The molecule has 2 aromatic carbocycles. The van der Waals surface area contributed by atoms with E-state index < -0.39 is 5.41 Å². The first kappa shape index (κ1) is 20.6. The van der Waals surface area contributed by atoms with Gasteiger partial charge in [-0.2, -0.15) is 0 Å². The Hall–Kier alpha value is -2.62. The highest BCUT2D eigenvalue weighted by Crippen LogP contribution is 2.39. The third-order valence-electron chi connectivity index (χ3n) is 6.67. The minimum Gasteiger partial charge on any atom is -0.348 e. The molecule has 2 amide bonds. The molecule has 158 valence electrons. The van der Waals surface area contributed by atoms with Crippen LogP contribution in [0.1, 0.15) is 36.8 Å². The summed E-state index contributed by atoms with van der Waals surface area (Å²) in [5, 5.41) is 0. The van der Waals surface area contributed by atoms with E-state index in [2.05, 4.69) is 55.5 Å². The number of carbonyl (C=O) groups excluding carboxylic acids is 2. The molecule has 1 aliphatic carbocycles. The lowest BCUT2D eigenvalue weighted by atomic mass is 9.72. The van der Waals surface area contributed by atoms with Gasteiger partial charge in [-0.25, -0.2) is 0 Å². The van der Waals surface area contributed by atoms with Gasteiger partial charge in [0.05, 0.1) is 5.41 Å². The van der Waals surface area contributed by atoms with Crippen LogP contribution >= 0.6 is 0 Å². The summed E-state index contributed by atoms with van der Waals surface area (Å²) in [5.74, 6) is 0.725. The van der Waals surface area contributed by atoms with Gasteiger partial charge in [0, 0.05) is 33.1 Å². The molecule has 1 saturated heterocycles. The molecule has 0 unspecified atom stereocenters. The molecule has 0 atom stereocenters. The van der Waals surface area contributed by atoms with Crippen LogP contribution in [0.2, 0.25) is 0 Å². The molecular weight excluding hydrogens is 372 g/mol. The average Bonchev–Trinajstić information content (AvgIpc) is 3.59. The van der Waals surface area contributed by atoms with E-state index in [1.54, 1.807) is 4.90 Å². The highest BCUT2D eigenvalue weighted by atomic mass is 16.2. The van der Waals surface area contributed by atoms with Crippen molar-refractivity contribution >= 4 is 11.8 Å². The fourth-order valence-electron chi connectivity index (χ4n) is 4.71. The summed E-state index contributed by atoms with van der Waals surface area (Å²) < 4.78 is 0. The summed E-state index contributed by atoms with van der Waals surface area (Å²) in [4.78, 5) is 29.4. The highest BCUT2D eigenvalue weighted by molar-refractivity contribution is 5.84. The smallest absolute Gasteiger partial charge is 0.228 e. The van der Waals surface area contributed by atoms with Crippen LogP contribution in [0, 0.1) is 18.3 Å². The summed E-state index contributed by atoms with van der Waals surface area (Å²) in [6, 6.07) is 17.1. The summed E-state index contributed by atoms with van der Waals surface area (Å²) in [5.41, 5.74) is 4.42. The van der Waals surface area contributed by atoms with Crippen LogP contribution in [0.4, 0.5) is 0 Å². The Labute approximate surface area is 179 Å². The molecule has 0 bridgehead atoms. The molecule has 1 heterocycles. The van der Waals surface area contributed by atoms with Crippen molar-refractivity contribution in [3.05, 3.63) is 59.7 Å². The number of carbonyl (C=O) groups is 2. The Kier molecular flexibility index (Phi) is 5.68. The third kappa shape index (κ3) is 4.28. The molecular formula is C26H32N2O2. The van der Waals surface area contributed by atoms with Crippen LogP contribution in [0.5, 0.6) is 0 Å². The van der Waals surface area contributed by atoms with Crippen molar-refractivity contribution in [2.24, 2.45) is 11.3 Å². The Bertz CT molecular complexity index is 920. The largest absolute Gasteiger partial charge is 0.348 e. The summed E-state index contributed by atoms with van der Waals surface area (Å²) in [7, 11) is 3.68. The standard InChI is InChI=1S/C26H32N2O2/c1-19-5-4-6-23(17-19)21-9-7-20(8-10-21)18-26(25(30)27(2)3)13-15-28(16-14-26)24(29)22-11-12-22/h4-10,17,22H,11-16,18H2,1-3H3. The fraction of sp³-hybridized carbons (Fsp3) is 0.462. The van der Waals surface area contributed by atoms with Gasteiger partial charge in [0.15, 0.2) is 0 Å². The van der Waals surface area contributed by atoms with Crippen molar-refractivity contribution in [3.63, 3.8) is 0 Å². The second kappa shape index (κ2) is 8.25. The van der Waals surface area contributed by atoms with Crippen LogP contribution < -0.4 is 0 Å². The molecule has 1 aliphatic heterocycles. The highest BCUT2D eigenvalue weighted by Gasteiger charge is 2.44. The Morgan fingerprint density at radius 2 is 1.67 bits per heavy atom. The van der Waals surface area contributed by atoms with E-state index in [4.69, 9.17) is 0 Å². The van der Waals surface area contributed by atoms with Gasteiger partial charge in [-0.15, -0.1) is 0 Å². The first-order valence-electron chi connectivity index (χ1n) is 11.0. The van der Waals surface area contributed by atoms with Gasteiger partial charge in [0.25, 0.3) is 0 Å². The van der Waals surface area contributed by atoms with Crippen LogP contribution in [0.3, 0.4) is 0 Å². The van der Waals surface area contributed by atoms with Crippen LogP contribution in [-0.2, 0) is 16.0 Å². The number of aryl methyl sites for hydroxylation is 1. The maximum absolute atomic E-state index is 13.2. The molecule has 2 aromatic rings. The summed E-state index contributed by atoms with van der Waals surface area (Å²) in [6.45, 7) is 3.49. The number of benzene rings is 2. The molecule has 30 heavy (non-hydrogen) atoms. The number of nitrogens with zero attached hydrogens (tertiary/aromatic N) is 2. The Morgan fingerprint density at radius 1 is 1.00 bits per heavy atom.